The fraction of sp³-hybridized carbons (Fsp3) is 0.929. The molecule has 1 aliphatic carbocycles. The number of hydrogen-bond donors (Lipinski definition) is 2. The molecule has 1 saturated carbocycles. The van der Waals surface area contributed by atoms with Gasteiger partial charge in [0.1, 0.15) is 0 Å². The van der Waals surface area contributed by atoms with E-state index in [9.17, 15) is 4.79 Å². The fourth-order valence-electron chi connectivity index (χ4n) is 2.54. The predicted molar refractivity (Wildman–Crippen MR) is 71.7 cm³/mol. The van der Waals surface area contributed by atoms with Gasteiger partial charge in [-0.05, 0) is 38.5 Å². The lowest BCUT2D eigenvalue weighted by Gasteiger charge is -2.35. The number of carbonyl (C=O) groups excluding carboxylic acids is 1. The standard InChI is InChI=1S/C14H28N2O/c1-11(2)9-10-14(3,13(15)17)16-12-7-5-4-6-8-12/h11-12,16H,4-10H2,1-3H3,(H2,15,17). The Balaban J connectivity index is 2.53. The Morgan fingerprint density at radius 3 is 2.41 bits per heavy atom. The van der Waals surface area contributed by atoms with Crippen molar-refractivity contribution in [3.05, 3.63) is 0 Å². The number of primary amides is 1. The van der Waals surface area contributed by atoms with E-state index in [2.05, 4.69) is 19.2 Å². The maximum Gasteiger partial charge on any atom is 0.237 e. The van der Waals surface area contributed by atoms with E-state index in [1.54, 1.807) is 0 Å². The number of amides is 1. The van der Waals surface area contributed by atoms with Gasteiger partial charge in [0.05, 0.1) is 5.54 Å². The first-order valence-corrected chi connectivity index (χ1v) is 7.01. The zero-order valence-corrected chi connectivity index (χ0v) is 11.6. The Labute approximate surface area is 106 Å². The minimum absolute atomic E-state index is 0.205. The summed E-state index contributed by atoms with van der Waals surface area (Å²) in [6, 6.07) is 0.480. The van der Waals surface area contributed by atoms with Crippen LogP contribution < -0.4 is 11.1 Å². The van der Waals surface area contributed by atoms with Gasteiger partial charge in [0.2, 0.25) is 5.91 Å². The third-order valence-corrected chi connectivity index (χ3v) is 3.89. The van der Waals surface area contributed by atoms with Crippen molar-refractivity contribution in [3.8, 4) is 0 Å². The number of carbonyl (C=O) groups is 1. The second kappa shape index (κ2) is 6.39. The Morgan fingerprint density at radius 2 is 1.94 bits per heavy atom. The molecule has 0 aromatic heterocycles. The quantitative estimate of drug-likeness (QED) is 0.750. The van der Waals surface area contributed by atoms with Crippen LogP contribution in [0.1, 0.15) is 65.7 Å². The van der Waals surface area contributed by atoms with Crippen molar-refractivity contribution < 1.29 is 4.79 Å². The molecule has 3 nitrogen and oxygen atoms in total. The molecule has 0 heterocycles. The van der Waals surface area contributed by atoms with Crippen molar-refractivity contribution in [2.24, 2.45) is 11.7 Å². The van der Waals surface area contributed by atoms with Crippen LogP contribution in [0.5, 0.6) is 0 Å². The summed E-state index contributed by atoms with van der Waals surface area (Å²) in [5.41, 5.74) is 5.05. The molecule has 100 valence electrons. The molecule has 1 aliphatic rings. The zero-order valence-electron chi connectivity index (χ0n) is 11.6. The second-order valence-electron chi connectivity index (χ2n) is 6.11. The lowest BCUT2D eigenvalue weighted by Crippen LogP contribution is -2.57. The summed E-state index contributed by atoms with van der Waals surface area (Å²) < 4.78 is 0. The Hall–Kier alpha value is -0.570. The number of nitrogens with two attached hydrogens (primary N) is 1. The average Bonchev–Trinajstić information content (AvgIpc) is 2.27. The van der Waals surface area contributed by atoms with Crippen LogP contribution in [-0.2, 0) is 4.79 Å². The summed E-state index contributed by atoms with van der Waals surface area (Å²) in [5.74, 6) is 0.408. The topological polar surface area (TPSA) is 55.1 Å². The van der Waals surface area contributed by atoms with Gasteiger partial charge >= 0.3 is 0 Å². The van der Waals surface area contributed by atoms with Crippen molar-refractivity contribution in [1.82, 2.24) is 5.32 Å². The summed E-state index contributed by atoms with van der Waals surface area (Å²) in [4.78, 5) is 11.7. The van der Waals surface area contributed by atoms with Crippen molar-refractivity contribution in [1.29, 1.82) is 0 Å². The summed E-state index contributed by atoms with van der Waals surface area (Å²) in [7, 11) is 0. The summed E-state index contributed by atoms with van der Waals surface area (Å²) in [6.07, 6.45) is 8.13. The van der Waals surface area contributed by atoms with E-state index in [0.717, 1.165) is 12.8 Å². The first-order valence-electron chi connectivity index (χ1n) is 7.01. The molecule has 0 bridgehead atoms. The van der Waals surface area contributed by atoms with Crippen molar-refractivity contribution >= 4 is 5.91 Å². The summed E-state index contributed by atoms with van der Waals surface area (Å²) in [6.45, 7) is 6.33. The van der Waals surface area contributed by atoms with E-state index in [1.807, 2.05) is 6.92 Å². The Morgan fingerprint density at radius 1 is 1.35 bits per heavy atom. The van der Waals surface area contributed by atoms with Crippen LogP contribution in [0.15, 0.2) is 0 Å². The van der Waals surface area contributed by atoms with Gasteiger partial charge in [-0.2, -0.15) is 0 Å². The number of nitrogens with one attached hydrogen (secondary N) is 1. The minimum Gasteiger partial charge on any atom is -0.368 e. The van der Waals surface area contributed by atoms with E-state index in [0.29, 0.717) is 12.0 Å². The van der Waals surface area contributed by atoms with Crippen LogP contribution in [0.4, 0.5) is 0 Å². The monoisotopic (exact) mass is 240 g/mol. The molecule has 0 spiro atoms. The largest absolute Gasteiger partial charge is 0.368 e. The van der Waals surface area contributed by atoms with Gasteiger partial charge in [0.15, 0.2) is 0 Å². The number of rotatable bonds is 6. The smallest absolute Gasteiger partial charge is 0.237 e. The molecule has 1 atom stereocenters. The lowest BCUT2D eigenvalue weighted by molar-refractivity contribution is -0.124. The molecule has 0 saturated heterocycles. The van der Waals surface area contributed by atoms with E-state index in [1.165, 1.54) is 32.1 Å². The van der Waals surface area contributed by atoms with Gasteiger partial charge in [-0.3, -0.25) is 4.79 Å². The molecule has 1 fully saturated rings. The minimum atomic E-state index is -0.522. The van der Waals surface area contributed by atoms with Gasteiger partial charge in [-0.25, -0.2) is 0 Å². The maximum absolute atomic E-state index is 11.7. The van der Waals surface area contributed by atoms with Gasteiger partial charge in [-0.15, -0.1) is 0 Å². The molecule has 1 amide bonds. The molecule has 0 aromatic rings. The molecule has 1 unspecified atom stereocenters. The van der Waals surface area contributed by atoms with Gasteiger partial charge in [-0.1, -0.05) is 33.1 Å². The first-order chi connectivity index (χ1) is 7.94. The van der Waals surface area contributed by atoms with Crippen LogP contribution in [0.2, 0.25) is 0 Å². The van der Waals surface area contributed by atoms with E-state index < -0.39 is 5.54 Å². The van der Waals surface area contributed by atoms with Gasteiger partial charge < -0.3 is 11.1 Å². The highest BCUT2D eigenvalue weighted by Gasteiger charge is 2.33. The molecule has 0 radical (unpaired) electrons. The first kappa shape index (κ1) is 14.5. The van der Waals surface area contributed by atoms with E-state index >= 15 is 0 Å². The fourth-order valence-corrected chi connectivity index (χ4v) is 2.54. The van der Waals surface area contributed by atoms with Crippen molar-refractivity contribution in [2.75, 3.05) is 0 Å². The zero-order chi connectivity index (χ0) is 12.9. The normalized spacial score (nSPS) is 21.4. The highest BCUT2D eigenvalue weighted by molar-refractivity contribution is 5.84. The highest BCUT2D eigenvalue weighted by atomic mass is 16.1. The van der Waals surface area contributed by atoms with Crippen LogP contribution in [0, 0.1) is 5.92 Å². The van der Waals surface area contributed by atoms with Crippen LogP contribution in [-0.4, -0.2) is 17.5 Å². The SMILES string of the molecule is CC(C)CCC(C)(NC1CCCCC1)C(N)=O. The molecular formula is C14H28N2O. The molecule has 3 heteroatoms. The van der Waals surface area contributed by atoms with Crippen molar-refractivity contribution in [2.45, 2.75) is 77.3 Å². The average molecular weight is 240 g/mol. The predicted octanol–water partition coefficient (Wildman–Crippen LogP) is 2.59. The molecule has 0 aromatic carbocycles. The van der Waals surface area contributed by atoms with Crippen LogP contribution in [0.25, 0.3) is 0 Å². The van der Waals surface area contributed by atoms with Gasteiger partial charge in [0.25, 0.3) is 0 Å². The van der Waals surface area contributed by atoms with Gasteiger partial charge in [0, 0.05) is 6.04 Å². The maximum atomic E-state index is 11.7. The van der Waals surface area contributed by atoms with Crippen LogP contribution in [0.3, 0.4) is 0 Å². The van der Waals surface area contributed by atoms with Crippen molar-refractivity contribution in [3.63, 3.8) is 0 Å². The van der Waals surface area contributed by atoms with E-state index in [4.69, 9.17) is 5.73 Å². The summed E-state index contributed by atoms with van der Waals surface area (Å²) in [5, 5.41) is 3.51. The summed E-state index contributed by atoms with van der Waals surface area (Å²) >= 11 is 0. The third-order valence-electron chi connectivity index (χ3n) is 3.89. The van der Waals surface area contributed by atoms with Crippen LogP contribution >= 0.6 is 0 Å². The highest BCUT2D eigenvalue weighted by Crippen LogP contribution is 2.23. The Bertz CT molecular complexity index is 247. The lowest BCUT2D eigenvalue weighted by atomic mass is 9.87. The Kier molecular flexibility index (Phi) is 5.44. The molecule has 3 N–H and O–H groups in total. The molecule has 17 heavy (non-hydrogen) atoms. The second-order valence-corrected chi connectivity index (χ2v) is 6.11. The number of hydrogen-bond acceptors (Lipinski definition) is 2. The van der Waals surface area contributed by atoms with E-state index in [-0.39, 0.29) is 5.91 Å². The molecule has 1 rings (SSSR count). The molecular weight excluding hydrogens is 212 g/mol. The third kappa shape index (κ3) is 4.66. The molecule has 0 aliphatic heterocycles.